The molecule has 1 aromatic heterocycles. The van der Waals surface area contributed by atoms with Gasteiger partial charge in [-0.1, -0.05) is 0 Å². The first-order chi connectivity index (χ1) is 5.74. The molecule has 0 fully saturated rings. The summed E-state index contributed by atoms with van der Waals surface area (Å²) in [5.74, 6) is 0.802. The molecule has 0 spiro atoms. The topological polar surface area (TPSA) is 52.8 Å². The summed E-state index contributed by atoms with van der Waals surface area (Å²) in [4.78, 5) is 1.86. The summed E-state index contributed by atoms with van der Waals surface area (Å²) in [6, 6.07) is 5.67. The minimum atomic E-state index is 0.320. The van der Waals surface area contributed by atoms with Gasteiger partial charge >= 0.3 is 0 Å². The van der Waals surface area contributed by atoms with Crippen molar-refractivity contribution >= 4 is 5.82 Å². The first-order valence-corrected chi connectivity index (χ1v) is 3.61. The lowest BCUT2D eigenvalue weighted by Gasteiger charge is -2.09. The highest BCUT2D eigenvalue weighted by molar-refractivity contribution is 5.34. The van der Waals surface area contributed by atoms with Crippen LogP contribution in [0, 0.1) is 11.3 Å². The fourth-order valence-electron chi connectivity index (χ4n) is 0.767. The minimum absolute atomic E-state index is 0.320. The fraction of sp³-hybridized carbons (Fsp3) is 0.375. The van der Waals surface area contributed by atoms with E-state index in [0.717, 1.165) is 5.82 Å². The van der Waals surface area contributed by atoms with Gasteiger partial charge < -0.3 is 4.90 Å². The molecule has 0 amide bonds. The van der Waals surface area contributed by atoms with Gasteiger partial charge in [-0.05, 0) is 12.1 Å². The van der Waals surface area contributed by atoms with Gasteiger partial charge in [0.25, 0.3) is 0 Å². The number of rotatable bonds is 2. The van der Waals surface area contributed by atoms with Crippen molar-refractivity contribution in [3.63, 3.8) is 0 Å². The summed E-state index contributed by atoms with van der Waals surface area (Å²) in [5.41, 5.74) is 0.711. The zero-order valence-electron chi connectivity index (χ0n) is 7.15. The lowest BCUT2D eigenvalue weighted by Crippen LogP contribution is -2.11. The van der Waals surface area contributed by atoms with Crippen LogP contribution >= 0.6 is 0 Å². The van der Waals surface area contributed by atoms with Gasteiger partial charge in [-0.2, -0.15) is 10.4 Å². The third kappa shape index (κ3) is 1.92. The molecular weight excluding hydrogens is 152 g/mol. The molecule has 0 aliphatic carbocycles. The summed E-state index contributed by atoms with van der Waals surface area (Å²) in [6.07, 6.45) is 0.320. The van der Waals surface area contributed by atoms with E-state index in [0.29, 0.717) is 12.1 Å². The molecule has 0 saturated carbocycles. The highest BCUT2D eigenvalue weighted by Gasteiger charge is 1.97. The molecule has 0 aliphatic heterocycles. The molecule has 12 heavy (non-hydrogen) atoms. The van der Waals surface area contributed by atoms with Crippen LogP contribution in [0.4, 0.5) is 5.82 Å². The van der Waals surface area contributed by atoms with Crippen molar-refractivity contribution in [3.05, 3.63) is 17.8 Å². The van der Waals surface area contributed by atoms with Gasteiger partial charge in [0.2, 0.25) is 0 Å². The maximum Gasteiger partial charge on any atom is 0.150 e. The van der Waals surface area contributed by atoms with E-state index in [1.165, 1.54) is 0 Å². The first kappa shape index (κ1) is 8.47. The number of hydrogen-bond donors (Lipinski definition) is 0. The van der Waals surface area contributed by atoms with Gasteiger partial charge in [-0.25, -0.2) is 0 Å². The van der Waals surface area contributed by atoms with E-state index >= 15 is 0 Å². The third-order valence-corrected chi connectivity index (χ3v) is 1.42. The lowest BCUT2D eigenvalue weighted by molar-refractivity contribution is 0.916. The number of hydrogen-bond acceptors (Lipinski definition) is 4. The van der Waals surface area contributed by atoms with Crippen LogP contribution in [0.15, 0.2) is 12.1 Å². The van der Waals surface area contributed by atoms with Crippen LogP contribution in [0.1, 0.15) is 5.69 Å². The van der Waals surface area contributed by atoms with E-state index in [1.54, 1.807) is 0 Å². The van der Waals surface area contributed by atoms with Gasteiger partial charge in [-0.15, -0.1) is 5.10 Å². The summed E-state index contributed by atoms with van der Waals surface area (Å²) in [5, 5.41) is 16.2. The van der Waals surface area contributed by atoms with E-state index in [4.69, 9.17) is 5.26 Å². The molecule has 0 saturated heterocycles. The summed E-state index contributed by atoms with van der Waals surface area (Å²) in [6.45, 7) is 0. The maximum atomic E-state index is 8.37. The van der Waals surface area contributed by atoms with Gasteiger partial charge in [0, 0.05) is 14.1 Å². The second kappa shape index (κ2) is 3.67. The van der Waals surface area contributed by atoms with Gasteiger partial charge in [0.15, 0.2) is 5.82 Å². The minimum Gasteiger partial charge on any atom is -0.361 e. The van der Waals surface area contributed by atoms with Crippen molar-refractivity contribution in [2.75, 3.05) is 19.0 Å². The van der Waals surface area contributed by atoms with Gasteiger partial charge in [-0.3, -0.25) is 0 Å². The lowest BCUT2D eigenvalue weighted by atomic mass is 10.3. The molecule has 0 N–H and O–H groups in total. The van der Waals surface area contributed by atoms with Crippen molar-refractivity contribution in [3.8, 4) is 6.07 Å². The fourth-order valence-corrected chi connectivity index (χ4v) is 0.767. The highest BCUT2D eigenvalue weighted by Crippen LogP contribution is 2.04. The van der Waals surface area contributed by atoms with Crippen LogP contribution < -0.4 is 4.90 Å². The Hall–Kier alpha value is -1.63. The van der Waals surface area contributed by atoms with Crippen LogP contribution in [-0.4, -0.2) is 24.3 Å². The SMILES string of the molecule is CN(C)c1ccc(CC#N)nn1. The molecule has 4 heteroatoms. The number of nitrogens with zero attached hydrogens (tertiary/aromatic N) is 4. The normalized spacial score (nSPS) is 9.08. The van der Waals surface area contributed by atoms with Crippen molar-refractivity contribution < 1.29 is 0 Å². The Labute approximate surface area is 71.5 Å². The number of aromatic nitrogens is 2. The Kier molecular flexibility index (Phi) is 2.59. The van der Waals surface area contributed by atoms with Crippen LogP contribution in [-0.2, 0) is 6.42 Å². The Morgan fingerprint density at radius 3 is 2.58 bits per heavy atom. The van der Waals surface area contributed by atoms with Crippen LogP contribution in [0.25, 0.3) is 0 Å². The number of nitriles is 1. The molecule has 0 unspecified atom stereocenters. The molecule has 1 aromatic rings. The Bertz CT molecular complexity index is 283. The van der Waals surface area contributed by atoms with Crippen molar-refractivity contribution in [2.45, 2.75) is 6.42 Å². The summed E-state index contributed by atoms with van der Waals surface area (Å²) in [7, 11) is 3.79. The standard InChI is InChI=1S/C8H10N4/c1-12(2)8-4-3-7(5-6-9)10-11-8/h3-4H,5H2,1-2H3. The summed E-state index contributed by atoms with van der Waals surface area (Å²) < 4.78 is 0. The van der Waals surface area contributed by atoms with Gasteiger partial charge in [0.1, 0.15) is 0 Å². The monoisotopic (exact) mass is 162 g/mol. The smallest absolute Gasteiger partial charge is 0.150 e. The highest BCUT2D eigenvalue weighted by atomic mass is 15.2. The predicted octanol–water partition coefficient (Wildman–Crippen LogP) is 0.609. The summed E-state index contributed by atoms with van der Waals surface area (Å²) >= 11 is 0. The number of anilines is 1. The Morgan fingerprint density at radius 2 is 2.17 bits per heavy atom. The van der Waals surface area contributed by atoms with Crippen LogP contribution in [0.5, 0.6) is 0 Å². The molecule has 0 aliphatic rings. The van der Waals surface area contributed by atoms with E-state index in [-0.39, 0.29) is 0 Å². The molecule has 1 heterocycles. The zero-order valence-corrected chi connectivity index (χ0v) is 7.15. The average molecular weight is 162 g/mol. The van der Waals surface area contributed by atoms with Crippen molar-refractivity contribution in [2.24, 2.45) is 0 Å². The van der Waals surface area contributed by atoms with Crippen LogP contribution in [0.3, 0.4) is 0 Å². The predicted molar refractivity (Wildman–Crippen MR) is 45.7 cm³/mol. The quantitative estimate of drug-likeness (QED) is 0.639. The van der Waals surface area contributed by atoms with Gasteiger partial charge in [0.05, 0.1) is 18.2 Å². The average Bonchev–Trinajstić information content (AvgIpc) is 2.06. The molecule has 4 nitrogen and oxygen atoms in total. The molecule has 1 rings (SSSR count). The first-order valence-electron chi connectivity index (χ1n) is 3.61. The van der Waals surface area contributed by atoms with Crippen molar-refractivity contribution in [1.29, 1.82) is 5.26 Å². The largest absolute Gasteiger partial charge is 0.361 e. The van der Waals surface area contributed by atoms with E-state index in [2.05, 4.69) is 10.2 Å². The molecule has 0 bridgehead atoms. The van der Waals surface area contributed by atoms with Crippen LogP contribution in [0.2, 0.25) is 0 Å². The molecule has 62 valence electrons. The van der Waals surface area contributed by atoms with E-state index in [9.17, 15) is 0 Å². The van der Waals surface area contributed by atoms with E-state index < -0.39 is 0 Å². The Balaban J connectivity index is 2.80. The second-order valence-corrected chi connectivity index (χ2v) is 2.61. The molecular formula is C8H10N4. The second-order valence-electron chi connectivity index (χ2n) is 2.61. The molecule has 0 atom stereocenters. The van der Waals surface area contributed by atoms with Crippen molar-refractivity contribution in [1.82, 2.24) is 10.2 Å². The maximum absolute atomic E-state index is 8.37. The molecule has 0 aromatic carbocycles. The molecule has 0 radical (unpaired) electrons. The zero-order chi connectivity index (χ0) is 8.97. The van der Waals surface area contributed by atoms with E-state index in [1.807, 2.05) is 37.2 Å². The Morgan fingerprint density at radius 1 is 1.42 bits per heavy atom. The third-order valence-electron chi connectivity index (χ3n) is 1.42.